The van der Waals surface area contributed by atoms with Crippen LogP contribution in [0.3, 0.4) is 0 Å². The average Bonchev–Trinajstić information content (AvgIpc) is 2.13. The van der Waals surface area contributed by atoms with Gasteiger partial charge in [0.15, 0.2) is 0 Å². The van der Waals surface area contributed by atoms with Crippen molar-refractivity contribution in [1.82, 2.24) is 0 Å². The molecule has 0 spiro atoms. The van der Waals surface area contributed by atoms with Crippen molar-refractivity contribution in [2.24, 2.45) is 0 Å². The first-order valence-electron chi connectivity index (χ1n) is 4.69. The van der Waals surface area contributed by atoms with Crippen LogP contribution in [0.1, 0.15) is 13.8 Å². The van der Waals surface area contributed by atoms with E-state index in [0.29, 0.717) is 0 Å². The number of nitro benzene ring substituents is 1. The molecular formula is C10H13FN2O3. The van der Waals surface area contributed by atoms with E-state index in [0.717, 1.165) is 12.1 Å². The number of aliphatic hydroxyl groups is 1. The van der Waals surface area contributed by atoms with Gasteiger partial charge in [-0.05, 0) is 19.9 Å². The molecule has 5 nitrogen and oxygen atoms in total. The largest absolute Gasteiger partial charge is 0.389 e. The molecule has 0 aliphatic heterocycles. The van der Waals surface area contributed by atoms with E-state index >= 15 is 0 Å². The van der Waals surface area contributed by atoms with Crippen LogP contribution in [0, 0.1) is 15.9 Å². The zero-order chi connectivity index (χ0) is 12.3. The molecule has 6 heteroatoms. The Morgan fingerprint density at radius 2 is 2.12 bits per heavy atom. The molecule has 0 atom stereocenters. The summed E-state index contributed by atoms with van der Waals surface area (Å²) < 4.78 is 13.0. The number of hydrogen-bond acceptors (Lipinski definition) is 4. The Bertz CT molecular complexity index is 402. The minimum atomic E-state index is -0.971. The maximum Gasteiger partial charge on any atom is 0.274 e. The number of anilines is 1. The lowest BCUT2D eigenvalue weighted by atomic mass is 10.1. The smallest absolute Gasteiger partial charge is 0.274 e. The summed E-state index contributed by atoms with van der Waals surface area (Å²) in [5.74, 6) is -0.688. The molecule has 1 rings (SSSR count). The molecule has 0 saturated carbocycles. The Labute approximate surface area is 92.1 Å². The van der Waals surface area contributed by atoms with Gasteiger partial charge in [-0.25, -0.2) is 4.39 Å². The van der Waals surface area contributed by atoms with Crippen molar-refractivity contribution in [1.29, 1.82) is 0 Å². The Morgan fingerprint density at radius 1 is 1.50 bits per heavy atom. The third kappa shape index (κ3) is 3.82. The summed E-state index contributed by atoms with van der Waals surface area (Å²) in [6.45, 7) is 3.33. The van der Waals surface area contributed by atoms with Gasteiger partial charge in [-0.2, -0.15) is 0 Å². The van der Waals surface area contributed by atoms with Crippen LogP contribution < -0.4 is 5.32 Å². The van der Waals surface area contributed by atoms with Crippen LogP contribution in [0.4, 0.5) is 15.8 Å². The van der Waals surface area contributed by atoms with Crippen molar-refractivity contribution in [2.75, 3.05) is 11.9 Å². The monoisotopic (exact) mass is 228 g/mol. The molecule has 0 heterocycles. The second-order valence-electron chi connectivity index (χ2n) is 4.12. The van der Waals surface area contributed by atoms with Crippen LogP contribution in [-0.2, 0) is 0 Å². The van der Waals surface area contributed by atoms with Crippen LogP contribution in [0.2, 0.25) is 0 Å². The predicted octanol–water partition coefficient (Wildman–Crippen LogP) is 1.92. The Hall–Kier alpha value is -1.69. The van der Waals surface area contributed by atoms with E-state index < -0.39 is 16.3 Å². The molecule has 1 aromatic rings. The molecule has 2 N–H and O–H groups in total. The average molecular weight is 228 g/mol. The number of rotatable bonds is 4. The van der Waals surface area contributed by atoms with Crippen molar-refractivity contribution >= 4 is 11.4 Å². The highest BCUT2D eigenvalue weighted by Crippen LogP contribution is 2.20. The molecule has 0 aliphatic carbocycles. The maximum absolute atomic E-state index is 13.0. The van der Waals surface area contributed by atoms with Crippen molar-refractivity contribution < 1.29 is 14.4 Å². The quantitative estimate of drug-likeness (QED) is 0.609. The van der Waals surface area contributed by atoms with Gasteiger partial charge in [0.2, 0.25) is 0 Å². The van der Waals surface area contributed by atoms with Crippen LogP contribution in [0.15, 0.2) is 18.2 Å². The van der Waals surface area contributed by atoms with E-state index in [1.165, 1.54) is 6.07 Å². The first-order valence-corrected chi connectivity index (χ1v) is 4.69. The second kappa shape index (κ2) is 4.44. The van der Waals surface area contributed by atoms with Crippen LogP contribution in [0.5, 0.6) is 0 Å². The van der Waals surface area contributed by atoms with Gasteiger partial charge < -0.3 is 10.4 Å². The summed E-state index contributed by atoms with van der Waals surface area (Å²) in [4.78, 5) is 9.80. The number of halogens is 1. The maximum atomic E-state index is 13.0. The third-order valence-corrected chi connectivity index (χ3v) is 1.82. The minimum Gasteiger partial charge on any atom is -0.389 e. The van der Waals surface area contributed by atoms with Gasteiger partial charge >= 0.3 is 0 Å². The van der Waals surface area contributed by atoms with Crippen LogP contribution >= 0.6 is 0 Å². The van der Waals surface area contributed by atoms with E-state index in [1.54, 1.807) is 13.8 Å². The molecule has 0 aromatic heterocycles. The summed E-state index contributed by atoms with van der Waals surface area (Å²) in [6.07, 6.45) is 0. The Balaban J connectivity index is 2.85. The van der Waals surface area contributed by atoms with Crippen molar-refractivity contribution in [3.05, 3.63) is 34.1 Å². The van der Waals surface area contributed by atoms with E-state index in [-0.39, 0.29) is 17.9 Å². The SMILES string of the molecule is CC(C)(O)CNc1cc(F)cc([N+](=O)[O-])c1. The second-order valence-corrected chi connectivity index (χ2v) is 4.12. The number of benzene rings is 1. The van der Waals surface area contributed by atoms with Gasteiger partial charge in [-0.3, -0.25) is 10.1 Å². The molecular weight excluding hydrogens is 215 g/mol. The summed E-state index contributed by atoms with van der Waals surface area (Å²) >= 11 is 0. The molecule has 88 valence electrons. The lowest BCUT2D eigenvalue weighted by molar-refractivity contribution is -0.385. The zero-order valence-electron chi connectivity index (χ0n) is 9.03. The summed E-state index contributed by atoms with van der Waals surface area (Å²) in [7, 11) is 0. The van der Waals surface area contributed by atoms with Crippen molar-refractivity contribution in [2.45, 2.75) is 19.4 Å². The first-order chi connectivity index (χ1) is 7.28. The van der Waals surface area contributed by atoms with E-state index in [4.69, 9.17) is 0 Å². The van der Waals surface area contributed by atoms with Gasteiger partial charge in [0.25, 0.3) is 5.69 Å². The predicted molar refractivity (Wildman–Crippen MR) is 57.8 cm³/mol. The van der Waals surface area contributed by atoms with Crippen molar-refractivity contribution in [3.8, 4) is 0 Å². The molecule has 0 saturated heterocycles. The third-order valence-electron chi connectivity index (χ3n) is 1.82. The van der Waals surface area contributed by atoms with Crippen LogP contribution in [0.25, 0.3) is 0 Å². The highest BCUT2D eigenvalue weighted by Gasteiger charge is 2.14. The Morgan fingerprint density at radius 3 is 2.62 bits per heavy atom. The van der Waals surface area contributed by atoms with Gasteiger partial charge in [0.1, 0.15) is 5.82 Å². The molecule has 16 heavy (non-hydrogen) atoms. The first kappa shape index (κ1) is 12.4. The Kier molecular flexibility index (Phi) is 3.44. The van der Waals surface area contributed by atoms with Crippen molar-refractivity contribution in [3.63, 3.8) is 0 Å². The fourth-order valence-corrected chi connectivity index (χ4v) is 1.10. The number of nitrogens with zero attached hydrogens (tertiary/aromatic N) is 1. The van der Waals surface area contributed by atoms with Gasteiger partial charge in [-0.1, -0.05) is 0 Å². The zero-order valence-corrected chi connectivity index (χ0v) is 9.03. The minimum absolute atomic E-state index is 0.174. The lowest BCUT2D eigenvalue weighted by Gasteiger charge is -2.18. The molecule has 0 unspecified atom stereocenters. The number of nitrogens with one attached hydrogen (secondary N) is 1. The molecule has 0 aliphatic rings. The molecule has 1 aromatic carbocycles. The molecule has 0 fully saturated rings. The number of non-ortho nitro benzene ring substituents is 1. The fraction of sp³-hybridized carbons (Fsp3) is 0.400. The van der Waals surface area contributed by atoms with E-state index in [2.05, 4.69) is 5.32 Å². The number of nitro groups is 1. The summed E-state index contributed by atoms with van der Waals surface area (Å²) in [5, 5.41) is 22.6. The van der Waals surface area contributed by atoms with Crippen LogP contribution in [-0.4, -0.2) is 22.2 Å². The number of hydrogen-bond donors (Lipinski definition) is 2. The standard InChI is InChI=1S/C10H13FN2O3/c1-10(2,14)6-12-8-3-7(11)4-9(5-8)13(15)16/h3-5,12,14H,6H2,1-2H3. The summed E-state index contributed by atoms with van der Waals surface area (Å²) in [5.41, 5.74) is -1.02. The van der Waals surface area contributed by atoms with Gasteiger partial charge in [-0.15, -0.1) is 0 Å². The van der Waals surface area contributed by atoms with Gasteiger partial charge in [0.05, 0.1) is 16.6 Å². The fourth-order valence-electron chi connectivity index (χ4n) is 1.10. The molecule has 0 amide bonds. The lowest BCUT2D eigenvalue weighted by Crippen LogP contribution is -2.29. The molecule has 0 radical (unpaired) electrons. The molecule has 0 bridgehead atoms. The van der Waals surface area contributed by atoms with E-state index in [1.807, 2.05) is 0 Å². The highest BCUT2D eigenvalue weighted by molar-refractivity contribution is 5.51. The summed E-state index contributed by atoms with van der Waals surface area (Å²) in [6, 6.07) is 3.20. The highest BCUT2D eigenvalue weighted by atomic mass is 19.1. The van der Waals surface area contributed by atoms with E-state index in [9.17, 15) is 19.6 Å². The normalized spacial score (nSPS) is 11.2. The van der Waals surface area contributed by atoms with Gasteiger partial charge in [0, 0.05) is 18.3 Å². The topological polar surface area (TPSA) is 75.4 Å².